The molecule has 0 saturated carbocycles. The van der Waals surface area contributed by atoms with Crippen LogP contribution in [0.3, 0.4) is 0 Å². The first kappa shape index (κ1) is 28.3. The molecule has 1 aliphatic heterocycles. The third-order valence-electron chi connectivity index (χ3n) is 6.47. The van der Waals surface area contributed by atoms with Crippen LogP contribution in [0.25, 0.3) is 44.3 Å². The number of H-pyrrole nitrogens is 1. The van der Waals surface area contributed by atoms with Crippen LogP contribution in [0.4, 0.5) is 10.2 Å². The van der Waals surface area contributed by atoms with Crippen molar-refractivity contribution < 1.29 is 4.39 Å². The van der Waals surface area contributed by atoms with E-state index in [9.17, 15) is 4.39 Å². The molecule has 0 aliphatic carbocycles. The van der Waals surface area contributed by atoms with Crippen LogP contribution in [-0.2, 0) is 0 Å². The first-order valence-corrected chi connectivity index (χ1v) is 11.3. The lowest BCUT2D eigenvalue weighted by molar-refractivity contribution is 0.343. The molecular weight excluding hydrogens is 538 g/mol. The number of nitrogens with one attached hydrogen (secondary N) is 2. The van der Waals surface area contributed by atoms with E-state index in [4.69, 9.17) is 5.73 Å². The summed E-state index contributed by atoms with van der Waals surface area (Å²) in [4.78, 5) is 8.95. The molecule has 12 heteroatoms. The molecule has 1 fully saturated rings. The van der Waals surface area contributed by atoms with Crippen molar-refractivity contribution in [3.05, 3.63) is 67.3 Å². The molecule has 37 heavy (non-hydrogen) atoms. The van der Waals surface area contributed by atoms with Gasteiger partial charge >= 0.3 is 0 Å². The Kier molecular flexibility index (Phi) is 9.09. The molecule has 1 aromatic carbocycles. The summed E-state index contributed by atoms with van der Waals surface area (Å²) in [7, 11) is 0. The van der Waals surface area contributed by atoms with E-state index in [1.807, 2.05) is 23.0 Å². The Morgan fingerprint density at radius 1 is 0.865 bits per heavy atom. The van der Waals surface area contributed by atoms with Crippen molar-refractivity contribution in [2.24, 2.45) is 0 Å². The molecule has 0 amide bonds. The van der Waals surface area contributed by atoms with Gasteiger partial charge in [-0.25, -0.2) is 9.37 Å². The van der Waals surface area contributed by atoms with Crippen LogP contribution >= 0.6 is 37.2 Å². The summed E-state index contributed by atoms with van der Waals surface area (Å²) in [5, 5.41) is 16.0. The Balaban J connectivity index is 0.00000127. The number of rotatable bonds is 4. The highest BCUT2D eigenvalue weighted by atomic mass is 35.5. The van der Waals surface area contributed by atoms with Gasteiger partial charge < -0.3 is 11.1 Å². The number of nitrogens with two attached hydrogens (primary N) is 1. The second-order valence-electron chi connectivity index (χ2n) is 8.54. The number of hydrogen-bond donors (Lipinski definition) is 3. The van der Waals surface area contributed by atoms with Gasteiger partial charge in [0.25, 0.3) is 0 Å². The number of aromatic amines is 1. The second-order valence-corrected chi connectivity index (χ2v) is 8.54. The summed E-state index contributed by atoms with van der Waals surface area (Å²) in [6.07, 6.45) is 12.8. The van der Waals surface area contributed by atoms with Gasteiger partial charge in [-0.05, 0) is 55.1 Å². The van der Waals surface area contributed by atoms with Crippen LogP contribution < -0.4 is 11.1 Å². The smallest absolute Gasteiger partial charge is 0.132 e. The first-order chi connectivity index (χ1) is 16.7. The molecule has 5 aromatic rings. The fourth-order valence-electron chi connectivity index (χ4n) is 4.60. The molecular formula is C25H26Cl3FN8. The minimum Gasteiger partial charge on any atom is -0.383 e. The van der Waals surface area contributed by atoms with Crippen LogP contribution in [0.5, 0.6) is 0 Å². The molecule has 1 aliphatic rings. The highest BCUT2D eigenvalue weighted by Gasteiger charge is 2.17. The van der Waals surface area contributed by atoms with E-state index in [0.29, 0.717) is 28.5 Å². The second kappa shape index (κ2) is 11.9. The SMILES string of the molecule is Cl.Cl.Cl.Nc1ncc(-c2cnn(C3CCNCC3)c2)cc1-c1cc2c(-c3cn[nH]c3)ccc(F)c2cn1. The van der Waals surface area contributed by atoms with Crippen LogP contribution in [0.1, 0.15) is 18.9 Å². The lowest BCUT2D eigenvalue weighted by Crippen LogP contribution is -2.29. The summed E-state index contributed by atoms with van der Waals surface area (Å²) in [6.45, 7) is 2.00. The number of aromatic nitrogens is 6. The fraction of sp³-hybridized carbons (Fsp3) is 0.200. The van der Waals surface area contributed by atoms with Crippen molar-refractivity contribution in [3.63, 3.8) is 0 Å². The minimum absolute atomic E-state index is 0. The summed E-state index contributed by atoms with van der Waals surface area (Å²) in [5.74, 6) is 0.0362. The third kappa shape index (κ3) is 5.40. The maximum atomic E-state index is 14.5. The number of nitrogens with zero attached hydrogens (tertiary/aromatic N) is 5. The Bertz CT molecular complexity index is 1480. The summed E-state index contributed by atoms with van der Waals surface area (Å²) in [6, 6.07) is 7.42. The number of fused-ring (bicyclic) bond motifs is 1. The van der Waals surface area contributed by atoms with Crippen molar-refractivity contribution in [3.8, 4) is 33.5 Å². The Hall–Kier alpha value is -3.24. The van der Waals surface area contributed by atoms with E-state index < -0.39 is 0 Å². The van der Waals surface area contributed by atoms with Crippen LogP contribution in [-0.4, -0.2) is 43.0 Å². The molecule has 0 bridgehead atoms. The highest BCUT2D eigenvalue weighted by molar-refractivity contribution is 5.98. The third-order valence-corrected chi connectivity index (χ3v) is 6.47. The standard InChI is InChI=1S/C25H23FN8.3ClH/c26-23-2-1-19(16-10-31-32-11-16)20-8-24(29-13-22(20)23)21-7-15(9-30-25(21)27)17-12-33-34(14-17)18-3-5-28-6-4-18;;;/h1-2,7-14,18,28H,3-6H2,(H2,27,30)(H,31,32);3*1H. The monoisotopic (exact) mass is 562 g/mol. The summed E-state index contributed by atoms with van der Waals surface area (Å²) >= 11 is 0. The molecule has 0 atom stereocenters. The molecule has 194 valence electrons. The molecule has 5 heterocycles. The lowest BCUT2D eigenvalue weighted by atomic mass is 9.99. The maximum absolute atomic E-state index is 14.5. The molecule has 0 spiro atoms. The van der Waals surface area contributed by atoms with E-state index in [-0.39, 0.29) is 43.0 Å². The van der Waals surface area contributed by atoms with Gasteiger partial charge in [0.2, 0.25) is 0 Å². The number of nitrogen functional groups attached to an aromatic ring is 1. The predicted molar refractivity (Wildman–Crippen MR) is 151 cm³/mol. The van der Waals surface area contributed by atoms with Gasteiger partial charge in [-0.15, -0.1) is 37.2 Å². The van der Waals surface area contributed by atoms with E-state index in [1.165, 1.54) is 6.07 Å². The molecule has 4 aromatic heterocycles. The average molecular weight is 564 g/mol. The average Bonchev–Trinajstić information content (AvgIpc) is 3.58. The van der Waals surface area contributed by atoms with Gasteiger partial charge in [0.15, 0.2) is 0 Å². The number of piperidine rings is 1. The molecule has 1 saturated heterocycles. The minimum atomic E-state index is -0.327. The van der Waals surface area contributed by atoms with E-state index in [0.717, 1.165) is 53.6 Å². The van der Waals surface area contributed by atoms with Crippen LogP contribution in [0, 0.1) is 5.82 Å². The van der Waals surface area contributed by atoms with Gasteiger partial charge in [-0.1, -0.05) is 6.07 Å². The number of anilines is 1. The lowest BCUT2D eigenvalue weighted by Gasteiger charge is -2.22. The van der Waals surface area contributed by atoms with Crippen molar-refractivity contribution in [1.29, 1.82) is 0 Å². The molecule has 0 unspecified atom stereocenters. The van der Waals surface area contributed by atoms with Crippen molar-refractivity contribution in [2.75, 3.05) is 18.8 Å². The van der Waals surface area contributed by atoms with E-state index in [1.54, 1.807) is 30.9 Å². The van der Waals surface area contributed by atoms with Gasteiger partial charge in [-0.3, -0.25) is 14.8 Å². The largest absolute Gasteiger partial charge is 0.383 e. The van der Waals surface area contributed by atoms with Gasteiger partial charge in [0.1, 0.15) is 11.6 Å². The normalized spacial score (nSPS) is 13.4. The van der Waals surface area contributed by atoms with Gasteiger partial charge in [0, 0.05) is 52.4 Å². The van der Waals surface area contributed by atoms with Crippen LogP contribution in [0.2, 0.25) is 0 Å². The zero-order valence-corrected chi connectivity index (χ0v) is 22.0. The van der Waals surface area contributed by atoms with Crippen molar-refractivity contribution in [2.45, 2.75) is 18.9 Å². The first-order valence-electron chi connectivity index (χ1n) is 11.3. The number of halogens is 4. The maximum Gasteiger partial charge on any atom is 0.132 e. The number of benzene rings is 1. The zero-order chi connectivity index (χ0) is 23.1. The number of hydrogen-bond acceptors (Lipinski definition) is 6. The van der Waals surface area contributed by atoms with E-state index in [2.05, 4.69) is 36.8 Å². The molecule has 6 rings (SSSR count). The topological polar surface area (TPSA) is 110 Å². The van der Waals surface area contributed by atoms with Crippen molar-refractivity contribution >= 4 is 53.8 Å². The van der Waals surface area contributed by atoms with Crippen LogP contribution in [0.15, 0.2) is 61.4 Å². The summed E-state index contributed by atoms with van der Waals surface area (Å²) in [5.41, 5.74) is 11.2. The van der Waals surface area contributed by atoms with Gasteiger partial charge in [0.05, 0.1) is 24.1 Å². The Morgan fingerprint density at radius 3 is 2.43 bits per heavy atom. The van der Waals surface area contributed by atoms with Crippen molar-refractivity contribution in [1.82, 2.24) is 35.3 Å². The zero-order valence-electron chi connectivity index (χ0n) is 19.6. The Morgan fingerprint density at radius 2 is 1.68 bits per heavy atom. The van der Waals surface area contributed by atoms with E-state index >= 15 is 0 Å². The Labute approximate surface area is 231 Å². The van der Waals surface area contributed by atoms with Gasteiger partial charge in [-0.2, -0.15) is 10.2 Å². The predicted octanol–water partition coefficient (Wildman–Crippen LogP) is 5.46. The number of pyridine rings is 2. The quantitative estimate of drug-likeness (QED) is 0.268. The molecule has 8 nitrogen and oxygen atoms in total. The molecule has 0 radical (unpaired) electrons. The summed E-state index contributed by atoms with van der Waals surface area (Å²) < 4.78 is 16.6. The fourth-order valence-corrected chi connectivity index (χ4v) is 4.60. The highest BCUT2D eigenvalue weighted by Crippen LogP contribution is 2.34. The molecule has 4 N–H and O–H groups in total.